The summed E-state index contributed by atoms with van der Waals surface area (Å²) in [6.07, 6.45) is 0. The Hall–Kier alpha value is -1.52. The van der Waals surface area contributed by atoms with Gasteiger partial charge in [-0.05, 0) is 18.2 Å². The maximum Gasteiger partial charge on any atom is 0.351 e. The number of hydrogen-bond acceptors (Lipinski definition) is 4. The minimum atomic E-state index is -0.781. The van der Waals surface area contributed by atoms with Crippen molar-refractivity contribution in [2.75, 3.05) is 7.11 Å². The highest BCUT2D eigenvalue weighted by Crippen LogP contribution is 2.30. The molecule has 17 heavy (non-hydrogen) atoms. The highest BCUT2D eigenvalue weighted by atomic mass is 35.5. The molecule has 0 amide bonds. The van der Waals surface area contributed by atoms with Crippen LogP contribution in [0.2, 0.25) is 10.0 Å². The van der Waals surface area contributed by atoms with E-state index in [0.29, 0.717) is 10.4 Å². The maximum absolute atomic E-state index is 11.5. The van der Waals surface area contributed by atoms with Crippen LogP contribution < -0.4 is 5.63 Å². The zero-order valence-corrected chi connectivity index (χ0v) is 10.1. The number of fused-ring (bicyclic) bond motifs is 1. The number of hydrogen-bond donors (Lipinski definition) is 0. The van der Waals surface area contributed by atoms with Crippen LogP contribution in [0.15, 0.2) is 27.4 Å². The van der Waals surface area contributed by atoms with Gasteiger partial charge in [0.05, 0.1) is 17.2 Å². The molecule has 0 unspecified atom stereocenters. The Morgan fingerprint density at radius 3 is 2.71 bits per heavy atom. The molecule has 0 aliphatic carbocycles. The largest absolute Gasteiger partial charge is 0.465 e. The van der Waals surface area contributed by atoms with E-state index in [1.807, 2.05) is 0 Å². The first kappa shape index (κ1) is 12.0. The molecule has 2 rings (SSSR count). The molecule has 0 saturated heterocycles. The zero-order chi connectivity index (χ0) is 12.6. The molecule has 1 heterocycles. The van der Waals surface area contributed by atoms with Gasteiger partial charge in [0.1, 0.15) is 11.1 Å². The first-order valence-electron chi connectivity index (χ1n) is 4.54. The van der Waals surface area contributed by atoms with E-state index in [4.69, 9.17) is 27.6 Å². The molecular weight excluding hydrogens is 267 g/mol. The van der Waals surface area contributed by atoms with Crippen molar-refractivity contribution in [1.29, 1.82) is 0 Å². The summed E-state index contributed by atoms with van der Waals surface area (Å²) in [7, 11) is 1.17. The molecule has 0 radical (unpaired) electrons. The monoisotopic (exact) mass is 272 g/mol. The summed E-state index contributed by atoms with van der Waals surface area (Å²) in [6.45, 7) is 0. The Labute approximate surface area is 106 Å². The molecular formula is C11H6Cl2O4. The summed E-state index contributed by atoms with van der Waals surface area (Å²) < 4.78 is 9.41. The van der Waals surface area contributed by atoms with Crippen molar-refractivity contribution in [3.63, 3.8) is 0 Å². The molecule has 0 spiro atoms. The molecule has 0 atom stereocenters. The highest BCUT2D eigenvalue weighted by molar-refractivity contribution is 6.45. The Kier molecular flexibility index (Phi) is 3.09. The molecule has 0 aliphatic heterocycles. The van der Waals surface area contributed by atoms with Gasteiger partial charge in [-0.3, -0.25) is 0 Å². The van der Waals surface area contributed by atoms with E-state index in [-0.39, 0.29) is 16.2 Å². The Morgan fingerprint density at radius 2 is 2.06 bits per heavy atom. The molecule has 0 bridgehead atoms. The van der Waals surface area contributed by atoms with Gasteiger partial charge in [-0.1, -0.05) is 23.2 Å². The summed E-state index contributed by atoms with van der Waals surface area (Å²) in [4.78, 5) is 22.8. The van der Waals surface area contributed by atoms with Crippen LogP contribution in [0.1, 0.15) is 10.4 Å². The van der Waals surface area contributed by atoms with Crippen molar-refractivity contribution in [2.45, 2.75) is 0 Å². The summed E-state index contributed by atoms with van der Waals surface area (Å²) in [5.74, 6) is -0.781. The van der Waals surface area contributed by atoms with Crippen molar-refractivity contribution in [2.24, 2.45) is 0 Å². The predicted molar refractivity (Wildman–Crippen MR) is 63.8 cm³/mol. The van der Waals surface area contributed by atoms with Gasteiger partial charge in [0.15, 0.2) is 0 Å². The first-order chi connectivity index (χ1) is 8.04. The van der Waals surface area contributed by atoms with Gasteiger partial charge >= 0.3 is 11.6 Å². The van der Waals surface area contributed by atoms with Gasteiger partial charge in [0.25, 0.3) is 0 Å². The first-order valence-corrected chi connectivity index (χ1v) is 5.30. The maximum atomic E-state index is 11.5. The number of carbonyl (C=O) groups excluding carboxylic acids is 1. The number of esters is 1. The van der Waals surface area contributed by atoms with Crippen LogP contribution in [-0.2, 0) is 4.74 Å². The predicted octanol–water partition coefficient (Wildman–Crippen LogP) is 2.89. The van der Waals surface area contributed by atoms with Crippen LogP contribution in [0, 0.1) is 0 Å². The minimum Gasteiger partial charge on any atom is -0.465 e. The highest BCUT2D eigenvalue weighted by Gasteiger charge is 2.16. The molecule has 0 N–H and O–H groups in total. The van der Waals surface area contributed by atoms with Crippen LogP contribution in [-0.4, -0.2) is 13.1 Å². The number of carbonyl (C=O) groups is 1. The molecule has 0 aliphatic rings. The quantitative estimate of drug-likeness (QED) is 0.592. The van der Waals surface area contributed by atoms with E-state index >= 15 is 0 Å². The van der Waals surface area contributed by atoms with Crippen LogP contribution in [0.3, 0.4) is 0 Å². The number of benzene rings is 1. The third-order valence-corrected chi connectivity index (χ3v) is 3.03. The van der Waals surface area contributed by atoms with Crippen LogP contribution in [0.25, 0.3) is 11.0 Å². The molecule has 4 nitrogen and oxygen atoms in total. The Morgan fingerprint density at radius 1 is 1.35 bits per heavy atom. The molecule has 6 heteroatoms. The Balaban J connectivity index is 2.82. The van der Waals surface area contributed by atoms with Gasteiger partial charge in [0, 0.05) is 5.39 Å². The second-order valence-electron chi connectivity index (χ2n) is 3.21. The minimum absolute atomic E-state index is 0.218. The van der Waals surface area contributed by atoms with E-state index in [1.54, 1.807) is 0 Å². The number of methoxy groups -OCH3 is 1. The average molecular weight is 273 g/mol. The van der Waals surface area contributed by atoms with Gasteiger partial charge in [-0.15, -0.1) is 0 Å². The topological polar surface area (TPSA) is 56.5 Å². The standard InChI is InChI=1S/C11H6Cl2O4/c1-16-10(14)6-4-5-8(17-11(6)15)3-2-7(12)9(5)13/h2-4H,1H3. The van der Waals surface area contributed by atoms with E-state index in [1.165, 1.54) is 25.3 Å². The third kappa shape index (κ3) is 2.01. The zero-order valence-electron chi connectivity index (χ0n) is 8.62. The molecule has 2 aromatic rings. The molecule has 1 aromatic heterocycles. The molecule has 1 aromatic carbocycles. The lowest BCUT2D eigenvalue weighted by Crippen LogP contribution is -2.14. The summed E-state index contributed by atoms with van der Waals surface area (Å²) in [6, 6.07) is 4.32. The lowest BCUT2D eigenvalue weighted by atomic mass is 10.2. The van der Waals surface area contributed by atoms with Crippen LogP contribution in [0.5, 0.6) is 0 Å². The average Bonchev–Trinajstić information content (AvgIpc) is 2.32. The second kappa shape index (κ2) is 4.39. The SMILES string of the molecule is COC(=O)c1cc2c(Cl)c(Cl)ccc2oc1=O. The smallest absolute Gasteiger partial charge is 0.351 e. The Bertz CT molecular complexity index is 660. The lowest BCUT2D eigenvalue weighted by Gasteiger charge is -2.03. The van der Waals surface area contributed by atoms with Crippen molar-refractivity contribution < 1.29 is 13.9 Å². The van der Waals surface area contributed by atoms with Crippen molar-refractivity contribution >= 4 is 40.1 Å². The fourth-order valence-electron chi connectivity index (χ4n) is 1.38. The molecule has 88 valence electrons. The van der Waals surface area contributed by atoms with Crippen LogP contribution >= 0.6 is 23.2 Å². The van der Waals surface area contributed by atoms with E-state index < -0.39 is 11.6 Å². The third-order valence-electron chi connectivity index (χ3n) is 2.21. The van der Waals surface area contributed by atoms with Crippen molar-refractivity contribution in [3.05, 3.63) is 44.2 Å². The summed E-state index contributed by atoms with van der Waals surface area (Å²) in [5.41, 5.74) is -0.732. The van der Waals surface area contributed by atoms with Crippen LogP contribution in [0.4, 0.5) is 0 Å². The van der Waals surface area contributed by atoms with Crippen molar-refractivity contribution in [3.8, 4) is 0 Å². The van der Waals surface area contributed by atoms with Crippen molar-refractivity contribution in [1.82, 2.24) is 0 Å². The number of rotatable bonds is 1. The van der Waals surface area contributed by atoms with E-state index in [2.05, 4.69) is 4.74 Å². The fourth-order valence-corrected chi connectivity index (χ4v) is 1.76. The number of halogens is 2. The van der Waals surface area contributed by atoms with Gasteiger partial charge < -0.3 is 9.15 Å². The lowest BCUT2D eigenvalue weighted by molar-refractivity contribution is 0.0596. The normalized spacial score (nSPS) is 10.5. The van der Waals surface area contributed by atoms with E-state index in [9.17, 15) is 9.59 Å². The molecule has 0 fully saturated rings. The van der Waals surface area contributed by atoms with E-state index in [0.717, 1.165) is 0 Å². The van der Waals surface area contributed by atoms with Gasteiger partial charge in [-0.2, -0.15) is 0 Å². The fraction of sp³-hybridized carbons (Fsp3) is 0.0909. The van der Waals surface area contributed by atoms with Gasteiger partial charge in [-0.25, -0.2) is 9.59 Å². The summed E-state index contributed by atoms with van der Waals surface area (Å²) >= 11 is 11.8. The number of ether oxygens (including phenoxy) is 1. The summed E-state index contributed by atoms with van der Waals surface area (Å²) in [5, 5.41) is 0.918. The second-order valence-corrected chi connectivity index (χ2v) is 4.00. The van der Waals surface area contributed by atoms with Gasteiger partial charge in [0.2, 0.25) is 0 Å². The molecule has 0 saturated carbocycles.